The van der Waals surface area contributed by atoms with Gasteiger partial charge in [0, 0.05) is 37.0 Å². The summed E-state index contributed by atoms with van der Waals surface area (Å²) in [5.41, 5.74) is -4.57. The van der Waals surface area contributed by atoms with Gasteiger partial charge in [0.2, 0.25) is 5.91 Å². The number of rotatable bonds is 7. The van der Waals surface area contributed by atoms with E-state index in [2.05, 4.69) is 15.2 Å². The third kappa shape index (κ3) is 5.06. The van der Waals surface area contributed by atoms with Gasteiger partial charge in [0.05, 0.1) is 19.6 Å². The summed E-state index contributed by atoms with van der Waals surface area (Å²) in [6.45, 7) is -1.83. The van der Waals surface area contributed by atoms with Crippen LogP contribution >= 0.6 is 0 Å². The van der Waals surface area contributed by atoms with Gasteiger partial charge >= 0.3 is 12.2 Å². The van der Waals surface area contributed by atoms with E-state index in [0.717, 1.165) is 43.9 Å². The number of benzene rings is 2. The maximum Gasteiger partial charge on any atom is 0.416 e. The molecule has 4 amide bonds. The predicted molar refractivity (Wildman–Crippen MR) is 158 cm³/mol. The molecule has 252 valence electrons. The molecule has 0 radical (unpaired) electrons. The smallest absolute Gasteiger partial charge is 0.376 e. The van der Waals surface area contributed by atoms with E-state index in [-0.39, 0.29) is 11.1 Å². The van der Waals surface area contributed by atoms with E-state index in [1.54, 1.807) is 18.3 Å². The molecule has 4 aliphatic rings. The number of carbonyl (C=O) groups is 3. The molecule has 3 aliphatic heterocycles. The number of hydrogen-bond donors (Lipinski definition) is 1. The van der Waals surface area contributed by atoms with Crippen LogP contribution in [0.1, 0.15) is 36.0 Å². The minimum absolute atomic E-state index is 0.148. The first-order valence-corrected chi connectivity index (χ1v) is 15.3. The number of hydrogen-bond acceptors (Lipinski definition) is 6. The molecule has 1 atom stereocenters. The summed E-state index contributed by atoms with van der Waals surface area (Å²) in [6, 6.07) is 10.9. The summed E-state index contributed by atoms with van der Waals surface area (Å²) >= 11 is 0. The number of imide groups is 1. The van der Waals surface area contributed by atoms with Gasteiger partial charge in [0.25, 0.3) is 11.8 Å². The number of aromatic nitrogens is 1. The molecule has 15 heteroatoms. The lowest BCUT2D eigenvalue weighted by Gasteiger charge is -2.50. The van der Waals surface area contributed by atoms with Crippen molar-refractivity contribution in [3.8, 4) is 11.1 Å². The third-order valence-electron chi connectivity index (χ3n) is 9.62. The maximum absolute atomic E-state index is 15.6. The Labute approximate surface area is 270 Å². The van der Waals surface area contributed by atoms with E-state index in [0.29, 0.717) is 20.9 Å². The van der Waals surface area contributed by atoms with Crippen molar-refractivity contribution in [3.63, 3.8) is 0 Å². The number of fused-ring (bicyclic) bond motifs is 2. The lowest BCUT2D eigenvalue weighted by Crippen LogP contribution is -2.72. The number of ether oxygens (including phenoxy) is 1. The fraction of sp³-hybridized carbons (Fsp3) is 0.394. The Morgan fingerprint density at radius 3 is 2.25 bits per heavy atom. The lowest BCUT2D eigenvalue weighted by atomic mass is 9.90. The summed E-state index contributed by atoms with van der Waals surface area (Å²) in [5, 5.41) is 2.32. The molecule has 2 aromatic carbocycles. The average molecular weight is 674 g/mol. The van der Waals surface area contributed by atoms with Gasteiger partial charge < -0.3 is 19.9 Å². The molecule has 3 saturated heterocycles. The van der Waals surface area contributed by atoms with Gasteiger partial charge in [0.1, 0.15) is 18.2 Å². The van der Waals surface area contributed by atoms with Crippen LogP contribution < -0.4 is 10.2 Å². The first-order chi connectivity index (χ1) is 22.7. The molecule has 4 heterocycles. The van der Waals surface area contributed by atoms with Gasteiger partial charge in [0.15, 0.2) is 11.1 Å². The number of urea groups is 1. The fourth-order valence-electron chi connectivity index (χ4n) is 6.92. The van der Waals surface area contributed by atoms with Crippen molar-refractivity contribution in [2.75, 3.05) is 37.7 Å². The van der Waals surface area contributed by atoms with Crippen LogP contribution in [0.25, 0.3) is 11.1 Å². The molecule has 1 aromatic heterocycles. The highest BCUT2D eigenvalue weighted by Gasteiger charge is 2.67. The average Bonchev–Trinajstić information content (AvgIpc) is 3.69. The summed E-state index contributed by atoms with van der Waals surface area (Å²) < 4.78 is 92.7. The molecule has 3 aromatic rings. The number of alkyl halides is 5. The second kappa shape index (κ2) is 11.2. The fourth-order valence-corrected chi connectivity index (χ4v) is 6.92. The van der Waals surface area contributed by atoms with Crippen molar-refractivity contribution in [2.24, 2.45) is 0 Å². The number of amides is 4. The molecule has 3 fully saturated rings. The Bertz CT molecular complexity index is 1770. The van der Waals surface area contributed by atoms with Crippen molar-refractivity contribution in [1.29, 1.82) is 0 Å². The van der Waals surface area contributed by atoms with Crippen LogP contribution in [0.4, 0.5) is 37.0 Å². The van der Waals surface area contributed by atoms with Crippen molar-refractivity contribution in [2.45, 2.75) is 49.0 Å². The summed E-state index contributed by atoms with van der Waals surface area (Å²) in [7, 11) is 0. The van der Waals surface area contributed by atoms with Crippen LogP contribution in [0.15, 0.2) is 60.8 Å². The van der Waals surface area contributed by atoms with E-state index in [4.69, 9.17) is 4.74 Å². The van der Waals surface area contributed by atoms with Crippen LogP contribution in [0.2, 0.25) is 0 Å². The molecule has 1 N–H and O–H groups in total. The van der Waals surface area contributed by atoms with Crippen LogP contribution in [0.5, 0.6) is 0 Å². The van der Waals surface area contributed by atoms with Crippen molar-refractivity contribution >= 4 is 23.7 Å². The predicted octanol–water partition coefficient (Wildman–Crippen LogP) is 5.09. The SMILES string of the molecule is O=C1N[C@]2(CC(F)(F)c3cc(-c4ccc(N5CCCC5)nc4)ccc32)C(=O)N1CC(=O)N(Cc1ccc(F)cc1)C1(C(F)(F)F)COC1. The topological polar surface area (TPSA) is 95.1 Å². The summed E-state index contributed by atoms with van der Waals surface area (Å²) in [6.07, 6.45) is -2.41. The quantitative estimate of drug-likeness (QED) is 0.278. The summed E-state index contributed by atoms with van der Waals surface area (Å²) in [5.74, 6) is -5.90. The molecule has 7 rings (SSSR count). The van der Waals surface area contributed by atoms with Crippen molar-refractivity contribution < 1.29 is 45.5 Å². The lowest BCUT2D eigenvalue weighted by molar-refractivity contribution is -0.302. The van der Waals surface area contributed by atoms with E-state index in [9.17, 15) is 31.9 Å². The van der Waals surface area contributed by atoms with Gasteiger partial charge in [-0.25, -0.2) is 22.9 Å². The number of carbonyl (C=O) groups excluding carboxylic acids is 3. The van der Waals surface area contributed by atoms with Crippen LogP contribution in [0, 0.1) is 5.82 Å². The Morgan fingerprint density at radius 2 is 1.65 bits per heavy atom. The van der Waals surface area contributed by atoms with Gasteiger partial charge in [-0.1, -0.05) is 24.3 Å². The number of nitrogens with one attached hydrogen (secondary N) is 1. The van der Waals surface area contributed by atoms with E-state index in [1.807, 2.05) is 0 Å². The molecule has 1 spiro atoms. The Morgan fingerprint density at radius 1 is 0.958 bits per heavy atom. The third-order valence-corrected chi connectivity index (χ3v) is 9.62. The first kappa shape index (κ1) is 31.9. The van der Waals surface area contributed by atoms with Crippen LogP contribution in [-0.4, -0.2) is 77.2 Å². The molecule has 9 nitrogen and oxygen atoms in total. The van der Waals surface area contributed by atoms with Crippen LogP contribution in [0.3, 0.4) is 0 Å². The zero-order chi connectivity index (χ0) is 34.1. The summed E-state index contributed by atoms with van der Waals surface area (Å²) in [4.78, 5) is 48.0. The normalized spacial score (nSPS) is 22.5. The number of anilines is 1. The zero-order valence-corrected chi connectivity index (χ0v) is 25.3. The molecule has 48 heavy (non-hydrogen) atoms. The Hall–Kier alpha value is -4.66. The standard InChI is InChI=1S/C33H29F6N5O4/c34-23-7-3-20(4-8-23)15-44(30(18-48-19-30)33(37,38)39)27(45)16-43-28(46)31(41-29(43)47)17-32(35,36)25-13-21(5-9-24(25)31)22-6-10-26(40-14-22)42-11-1-2-12-42/h3-10,13-14H,1-2,11-12,15-19H2,(H,41,47)/t31-/m0/s1. The van der Waals surface area contributed by atoms with Crippen LogP contribution in [-0.2, 0) is 32.3 Å². The molecule has 1 aliphatic carbocycles. The largest absolute Gasteiger partial charge is 0.416 e. The molecule has 0 saturated carbocycles. The van der Waals surface area contributed by atoms with Gasteiger partial charge in [-0.3, -0.25) is 14.5 Å². The van der Waals surface area contributed by atoms with Crippen molar-refractivity contribution in [3.05, 3.63) is 83.3 Å². The van der Waals surface area contributed by atoms with E-state index >= 15 is 8.78 Å². The van der Waals surface area contributed by atoms with Gasteiger partial charge in [-0.05, 0) is 59.9 Å². The second-order valence-electron chi connectivity index (χ2n) is 12.6. The monoisotopic (exact) mass is 673 g/mol. The first-order valence-electron chi connectivity index (χ1n) is 15.3. The molecule has 0 unspecified atom stereocenters. The minimum atomic E-state index is -4.96. The number of nitrogens with zero attached hydrogens (tertiary/aromatic N) is 4. The van der Waals surface area contributed by atoms with E-state index in [1.165, 1.54) is 30.3 Å². The zero-order valence-electron chi connectivity index (χ0n) is 25.3. The second-order valence-corrected chi connectivity index (χ2v) is 12.6. The maximum atomic E-state index is 15.6. The Balaban J connectivity index is 1.16. The highest BCUT2D eigenvalue weighted by molar-refractivity contribution is 6.10. The Kier molecular flexibility index (Phi) is 7.45. The minimum Gasteiger partial charge on any atom is -0.376 e. The highest BCUT2D eigenvalue weighted by atomic mass is 19.4. The molecular weight excluding hydrogens is 644 g/mol. The number of halogens is 6. The highest BCUT2D eigenvalue weighted by Crippen LogP contribution is 2.53. The molecular formula is C33H29F6N5O4. The van der Waals surface area contributed by atoms with Crippen molar-refractivity contribution in [1.82, 2.24) is 20.1 Å². The van der Waals surface area contributed by atoms with Gasteiger partial charge in [-0.2, -0.15) is 13.2 Å². The van der Waals surface area contributed by atoms with Gasteiger partial charge in [-0.15, -0.1) is 0 Å². The molecule has 0 bridgehead atoms. The number of pyridine rings is 1. The van der Waals surface area contributed by atoms with E-state index < -0.39 is 85.1 Å².